The fourth-order valence-corrected chi connectivity index (χ4v) is 2.77. The highest BCUT2D eigenvalue weighted by Crippen LogP contribution is 2.30. The van der Waals surface area contributed by atoms with Gasteiger partial charge in [-0.2, -0.15) is 0 Å². The Balaban J connectivity index is 2.18. The van der Waals surface area contributed by atoms with Gasteiger partial charge in [-0.25, -0.2) is 0 Å². The number of para-hydroxylation sites is 1. The zero-order valence-corrected chi connectivity index (χ0v) is 14.1. The number of rotatable bonds is 6. The van der Waals surface area contributed by atoms with Crippen molar-refractivity contribution in [2.75, 3.05) is 19.5 Å². The van der Waals surface area contributed by atoms with Gasteiger partial charge >= 0.3 is 0 Å². The third-order valence-corrected chi connectivity index (χ3v) is 3.98. The smallest absolute Gasteiger partial charge is 0.133 e. The maximum Gasteiger partial charge on any atom is 0.133 e. The molecule has 0 saturated carbocycles. The van der Waals surface area contributed by atoms with Gasteiger partial charge in [-0.05, 0) is 46.6 Å². The molecular weight excluding hydrogens is 330 g/mol. The predicted molar refractivity (Wildman–Crippen MR) is 89.9 cm³/mol. The Morgan fingerprint density at radius 1 is 1.14 bits per heavy atom. The minimum atomic E-state index is 0.185. The molecule has 0 aliphatic carbocycles. The van der Waals surface area contributed by atoms with Crippen molar-refractivity contribution in [3.63, 3.8) is 0 Å². The molecule has 2 rings (SSSR count). The average Bonchev–Trinajstić information content (AvgIpc) is 2.49. The van der Waals surface area contributed by atoms with Crippen LogP contribution in [0.15, 0.2) is 46.9 Å². The summed E-state index contributed by atoms with van der Waals surface area (Å²) in [4.78, 5) is 0. The first-order valence-electron chi connectivity index (χ1n) is 6.82. The number of ether oxygens (including phenoxy) is 2. The van der Waals surface area contributed by atoms with E-state index in [1.54, 1.807) is 14.2 Å². The lowest BCUT2D eigenvalue weighted by Gasteiger charge is -2.19. The molecule has 0 amide bonds. The standard InChI is InChI=1S/C17H20BrNO2/c1-12(13-8-9-17(21-3)15(18)10-13)19-16-7-5-4-6-14(16)11-20-2/h4-10,12,19H,11H2,1-3H3. The minimum absolute atomic E-state index is 0.185. The Morgan fingerprint density at radius 2 is 1.90 bits per heavy atom. The van der Waals surface area contributed by atoms with Gasteiger partial charge in [-0.3, -0.25) is 0 Å². The molecule has 0 bridgehead atoms. The van der Waals surface area contributed by atoms with Crippen LogP contribution in [0.3, 0.4) is 0 Å². The van der Waals surface area contributed by atoms with Crippen LogP contribution in [0.25, 0.3) is 0 Å². The van der Waals surface area contributed by atoms with Crippen LogP contribution in [-0.4, -0.2) is 14.2 Å². The average molecular weight is 350 g/mol. The molecule has 2 aromatic rings. The summed E-state index contributed by atoms with van der Waals surface area (Å²) in [5, 5.41) is 3.53. The lowest BCUT2D eigenvalue weighted by Crippen LogP contribution is -2.09. The Morgan fingerprint density at radius 3 is 2.57 bits per heavy atom. The first kappa shape index (κ1) is 15.9. The van der Waals surface area contributed by atoms with Gasteiger partial charge < -0.3 is 14.8 Å². The summed E-state index contributed by atoms with van der Waals surface area (Å²) in [6, 6.07) is 14.5. The summed E-state index contributed by atoms with van der Waals surface area (Å²) >= 11 is 3.53. The molecule has 112 valence electrons. The quantitative estimate of drug-likeness (QED) is 0.814. The maximum atomic E-state index is 5.27. The Bertz CT molecular complexity index is 601. The van der Waals surface area contributed by atoms with Crippen molar-refractivity contribution in [3.05, 3.63) is 58.1 Å². The van der Waals surface area contributed by atoms with Gasteiger partial charge in [0.1, 0.15) is 5.75 Å². The van der Waals surface area contributed by atoms with Crippen molar-refractivity contribution in [2.24, 2.45) is 0 Å². The molecule has 0 aromatic heterocycles. The third-order valence-electron chi connectivity index (χ3n) is 3.37. The van der Waals surface area contributed by atoms with Crippen molar-refractivity contribution in [1.82, 2.24) is 0 Å². The fourth-order valence-electron chi connectivity index (χ4n) is 2.21. The van der Waals surface area contributed by atoms with Gasteiger partial charge in [0.2, 0.25) is 0 Å². The van der Waals surface area contributed by atoms with E-state index in [0.29, 0.717) is 6.61 Å². The Labute approximate surface area is 134 Å². The minimum Gasteiger partial charge on any atom is -0.496 e. The summed E-state index contributed by atoms with van der Waals surface area (Å²) in [7, 11) is 3.38. The van der Waals surface area contributed by atoms with Crippen LogP contribution in [0.1, 0.15) is 24.1 Å². The molecule has 1 N–H and O–H groups in total. The molecule has 3 nitrogen and oxygen atoms in total. The van der Waals surface area contributed by atoms with Gasteiger partial charge in [0, 0.05) is 24.4 Å². The molecule has 1 atom stereocenters. The van der Waals surface area contributed by atoms with Crippen LogP contribution in [0.5, 0.6) is 5.75 Å². The van der Waals surface area contributed by atoms with Crippen LogP contribution in [-0.2, 0) is 11.3 Å². The number of methoxy groups -OCH3 is 2. The molecule has 0 aliphatic heterocycles. The maximum absolute atomic E-state index is 5.27. The van der Waals surface area contributed by atoms with E-state index in [0.717, 1.165) is 21.5 Å². The number of halogens is 1. The molecule has 1 unspecified atom stereocenters. The lowest BCUT2D eigenvalue weighted by atomic mass is 10.1. The number of hydrogen-bond acceptors (Lipinski definition) is 3. The Hall–Kier alpha value is -1.52. The third kappa shape index (κ3) is 3.99. The van der Waals surface area contributed by atoms with Crippen molar-refractivity contribution in [3.8, 4) is 5.75 Å². The van der Waals surface area contributed by atoms with Gasteiger partial charge in [-0.1, -0.05) is 24.3 Å². The zero-order valence-electron chi connectivity index (χ0n) is 12.5. The van der Waals surface area contributed by atoms with E-state index in [4.69, 9.17) is 9.47 Å². The van der Waals surface area contributed by atoms with E-state index in [1.165, 1.54) is 5.56 Å². The first-order chi connectivity index (χ1) is 10.2. The van der Waals surface area contributed by atoms with Crippen LogP contribution < -0.4 is 10.1 Å². The monoisotopic (exact) mass is 349 g/mol. The first-order valence-corrected chi connectivity index (χ1v) is 7.61. The highest BCUT2D eigenvalue weighted by atomic mass is 79.9. The second-order valence-electron chi connectivity index (χ2n) is 4.85. The molecule has 0 spiro atoms. The molecule has 21 heavy (non-hydrogen) atoms. The van der Waals surface area contributed by atoms with Crippen LogP contribution in [0.4, 0.5) is 5.69 Å². The van der Waals surface area contributed by atoms with E-state index in [2.05, 4.69) is 52.4 Å². The molecule has 0 fully saturated rings. The Kier molecular flexibility index (Phi) is 5.65. The summed E-state index contributed by atoms with van der Waals surface area (Å²) in [5.74, 6) is 0.839. The molecule has 0 aliphatic rings. The van der Waals surface area contributed by atoms with Crippen LogP contribution >= 0.6 is 15.9 Å². The fraction of sp³-hybridized carbons (Fsp3) is 0.294. The number of anilines is 1. The van der Waals surface area contributed by atoms with Gasteiger partial charge in [0.05, 0.1) is 18.2 Å². The van der Waals surface area contributed by atoms with E-state index in [-0.39, 0.29) is 6.04 Å². The summed E-state index contributed by atoms with van der Waals surface area (Å²) in [5.41, 5.74) is 3.44. The molecular formula is C17H20BrNO2. The van der Waals surface area contributed by atoms with Gasteiger partial charge in [0.15, 0.2) is 0 Å². The topological polar surface area (TPSA) is 30.5 Å². The molecule has 0 radical (unpaired) electrons. The zero-order chi connectivity index (χ0) is 15.2. The van der Waals surface area contributed by atoms with Crippen molar-refractivity contribution < 1.29 is 9.47 Å². The highest BCUT2D eigenvalue weighted by molar-refractivity contribution is 9.10. The van der Waals surface area contributed by atoms with Crippen molar-refractivity contribution in [2.45, 2.75) is 19.6 Å². The molecule has 2 aromatic carbocycles. The predicted octanol–water partition coefficient (Wildman–Crippen LogP) is 4.78. The second kappa shape index (κ2) is 7.48. The van der Waals surface area contributed by atoms with Crippen molar-refractivity contribution in [1.29, 1.82) is 0 Å². The van der Waals surface area contributed by atoms with E-state index < -0.39 is 0 Å². The summed E-state index contributed by atoms with van der Waals surface area (Å²) in [6.45, 7) is 2.74. The number of benzene rings is 2. The van der Waals surface area contributed by atoms with E-state index in [9.17, 15) is 0 Å². The number of hydrogen-bond donors (Lipinski definition) is 1. The normalized spacial score (nSPS) is 12.0. The summed E-state index contributed by atoms with van der Waals surface area (Å²) < 4.78 is 11.5. The molecule has 0 saturated heterocycles. The van der Waals surface area contributed by atoms with Gasteiger partial charge in [-0.15, -0.1) is 0 Å². The van der Waals surface area contributed by atoms with Gasteiger partial charge in [0.25, 0.3) is 0 Å². The lowest BCUT2D eigenvalue weighted by molar-refractivity contribution is 0.185. The number of nitrogens with one attached hydrogen (secondary N) is 1. The SMILES string of the molecule is COCc1ccccc1NC(C)c1ccc(OC)c(Br)c1. The van der Waals surface area contributed by atoms with E-state index >= 15 is 0 Å². The largest absolute Gasteiger partial charge is 0.496 e. The molecule has 0 heterocycles. The van der Waals surface area contributed by atoms with Crippen LogP contribution in [0, 0.1) is 0 Å². The van der Waals surface area contributed by atoms with Crippen molar-refractivity contribution >= 4 is 21.6 Å². The molecule has 4 heteroatoms. The van der Waals surface area contributed by atoms with E-state index in [1.807, 2.05) is 18.2 Å². The van der Waals surface area contributed by atoms with Crippen LogP contribution in [0.2, 0.25) is 0 Å². The summed E-state index contributed by atoms with van der Waals surface area (Å²) in [6.07, 6.45) is 0. The second-order valence-corrected chi connectivity index (χ2v) is 5.70. The highest BCUT2D eigenvalue weighted by Gasteiger charge is 2.10.